The molecule has 0 aromatic rings. The summed E-state index contributed by atoms with van der Waals surface area (Å²) in [7, 11) is 1.88. The van der Waals surface area contributed by atoms with Gasteiger partial charge in [-0.05, 0) is 26.4 Å². The Morgan fingerprint density at radius 3 is 2.81 bits per heavy atom. The molecule has 1 heterocycles. The molecule has 0 radical (unpaired) electrons. The predicted octanol–water partition coefficient (Wildman–Crippen LogP) is -0.277. The summed E-state index contributed by atoms with van der Waals surface area (Å²) >= 11 is 0. The number of rotatable bonds is 5. The summed E-state index contributed by atoms with van der Waals surface area (Å²) in [6.07, 6.45) is 2.33. The lowest BCUT2D eigenvalue weighted by Gasteiger charge is -2.16. The summed E-state index contributed by atoms with van der Waals surface area (Å²) in [5.74, 6) is 0.178. The van der Waals surface area contributed by atoms with E-state index in [1.54, 1.807) is 0 Å². The molecule has 5 heteroatoms. The lowest BCUT2D eigenvalue weighted by molar-refractivity contribution is -0.130. The van der Waals surface area contributed by atoms with Crippen molar-refractivity contribution in [2.75, 3.05) is 26.7 Å². The van der Waals surface area contributed by atoms with Gasteiger partial charge in [0.25, 0.3) is 0 Å². The van der Waals surface area contributed by atoms with Gasteiger partial charge in [0, 0.05) is 32.5 Å². The highest BCUT2D eigenvalue weighted by atomic mass is 16.2. The van der Waals surface area contributed by atoms with Gasteiger partial charge in [-0.15, -0.1) is 0 Å². The lowest BCUT2D eigenvalue weighted by atomic mass is 10.2. The first-order valence-electron chi connectivity index (χ1n) is 5.83. The fourth-order valence-electron chi connectivity index (χ4n) is 1.97. The van der Waals surface area contributed by atoms with E-state index in [9.17, 15) is 9.59 Å². The molecule has 1 aliphatic heterocycles. The molecule has 0 aliphatic carbocycles. The van der Waals surface area contributed by atoms with Crippen molar-refractivity contribution in [2.24, 2.45) is 0 Å². The lowest BCUT2D eigenvalue weighted by Crippen LogP contribution is -2.37. The zero-order chi connectivity index (χ0) is 12.0. The molecule has 1 unspecified atom stereocenters. The van der Waals surface area contributed by atoms with Crippen LogP contribution in [0.15, 0.2) is 0 Å². The molecule has 5 nitrogen and oxygen atoms in total. The van der Waals surface area contributed by atoms with E-state index in [-0.39, 0.29) is 17.9 Å². The Balaban J connectivity index is 2.24. The second-order valence-corrected chi connectivity index (χ2v) is 4.23. The molecule has 0 saturated carbocycles. The number of nitrogens with one attached hydrogen (secondary N) is 2. The fourth-order valence-corrected chi connectivity index (χ4v) is 1.97. The summed E-state index contributed by atoms with van der Waals surface area (Å²) in [5, 5.41) is 5.87. The Labute approximate surface area is 96.6 Å². The molecular formula is C11H21N3O2. The van der Waals surface area contributed by atoms with E-state index < -0.39 is 0 Å². The number of likely N-dealkylation sites (tertiary alicyclic amines) is 1. The third-order valence-electron chi connectivity index (χ3n) is 2.77. The zero-order valence-corrected chi connectivity index (χ0v) is 10.1. The van der Waals surface area contributed by atoms with Crippen molar-refractivity contribution in [3.05, 3.63) is 0 Å². The summed E-state index contributed by atoms with van der Waals surface area (Å²) in [6, 6.07) is 0.144. The van der Waals surface area contributed by atoms with Gasteiger partial charge >= 0.3 is 0 Å². The Bertz CT molecular complexity index is 256. The molecular weight excluding hydrogens is 206 g/mol. The van der Waals surface area contributed by atoms with E-state index in [2.05, 4.69) is 10.6 Å². The van der Waals surface area contributed by atoms with Gasteiger partial charge in [-0.25, -0.2) is 0 Å². The van der Waals surface area contributed by atoms with Gasteiger partial charge in [-0.3, -0.25) is 9.59 Å². The topological polar surface area (TPSA) is 61.4 Å². The molecule has 1 atom stereocenters. The molecule has 0 spiro atoms. The predicted molar refractivity (Wildman–Crippen MR) is 62.0 cm³/mol. The Hall–Kier alpha value is -1.10. The van der Waals surface area contributed by atoms with Gasteiger partial charge in [0.2, 0.25) is 11.8 Å². The van der Waals surface area contributed by atoms with Crippen LogP contribution in [-0.2, 0) is 9.59 Å². The van der Waals surface area contributed by atoms with Gasteiger partial charge in [0.05, 0.1) is 0 Å². The van der Waals surface area contributed by atoms with Crippen molar-refractivity contribution in [3.8, 4) is 0 Å². The fraction of sp³-hybridized carbons (Fsp3) is 0.818. The van der Waals surface area contributed by atoms with E-state index in [4.69, 9.17) is 0 Å². The van der Waals surface area contributed by atoms with Crippen LogP contribution >= 0.6 is 0 Å². The maximum absolute atomic E-state index is 11.7. The summed E-state index contributed by atoms with van der Waals surface area (Å²) in [4.78, 5) is 24.4. The van der Waals surface area contributed by atoms with E-state index in [1.807, 2.05) is 11.9 Å². The minimum Gasteiger partial charge on any atom is -0.352 e. The molecule has 16 heavy (non-hydrogen) atoms. The van der Waals surface area contributed by atoms with Crippen LogP contribution in [0.4, 0.5) is 0 Å². The van der Waals surface area contributed by atoms with Crippen molar-refractivity contribution in [1.29, 1.82) is 0 Å². The molecule has 0 aromatic heterocycles. The van der Waals surface area contributed by atoms with Crippen molar-refractivity contribution < 1.29 is 9.59 Å². The highest BCUT2D eigenvalue weighted by molar-refractivity contribution is 5.77. The highest BCUT2D eigenvalue weighted by Crippen LogP contribution is 2.11. The maximum Gasteiger partial charge on any atom is 0.222 e. The normalized spacial score (nSPS) is 19.9. The van der Waals surface area contributed by atoms with Crippen LogP contribution in [0.3, 0.4) is 0 Å². The van der Waals surface area contributed by atoms with Crippen LogP contribution in [-0.4, -0.2) is 49.4 Å². The second kappa shape index (κ2) is 6.48. The van der Waals surface area contributed by atoms with Gasteiger partial charge < -0.3 is 15.5 Å². The first kappa shape index (κ1) is 13.0. The molecule has 1 saturated heterocycles. The molecule has 2 N–H and O–H groups in total. The Morgan fingerprint density at radius 2 is 2.19 bits per heavy atom. The van der Waals surface area contributed by atoms with Crippen molar-refractivity contribution in [3.63, 3.8) is 0 Å². The molecule has 92 valence electrons. The van der Waals surface area contributed by atoms with E-state index in [1.165, 1.54) is 6.92 Å². The first-order valence-corrected chi connectivity index (χ1v) is 5.83. The largest absolute Gasteiger partial charge is 0.352 e. The van der Waals surface area contributed by atoms with Crippen LogP contribution in [0.25, 0.3) is 0 Å². The molecule has 1 rings (SSSR count). The number of carbonyl (C=O) groups is 2. The summed E-state index contributed by atoms with van der Waals surface area (Å²) < 4.78 is 0. The third-order valence-corrected chi connectivity index (χ3v) is 2.77. The Morgan fingerprint density at radius 1 is 1.44 bits per heavy atom. The van der Waals surface area contributed by atoms with Crippen LogP contribution in [0.5, 0.6) is 0 Å². The summed E-state index contributed by atoms with van der Waals surface area (Å²) in [5.41, 5.74) is 0. The van der Waals surface area contributed by atoms with Gasteiger partial charge in [0.15, 0.2) is 0 Å². The number of hydrogen-bond acceptors (Lipinski definition) is 3. The molecule has 1 aliphatic rings. The van der Waals surface area contributed by atoms with Gasteiger partial charge in [0.1, 0.15) is 0 Å². The number of amides is 2. The first-order chi connectivity index (χ1) is 7.63. The van der Waals surface area contributed by atoms with Gasteiger partial charge in [-0.2, -0.15) is 0 Å². The van der Waals surface area contributed by atoms with Gasteiger partial charge in [-0.1, -0.05) is 0 Å². The monoisotopic (exact) mass is 227 g/mol. The zero-order valence-electron chi connectivity index (χ0n) is 10.1. The quantitative estimate of drug-likeness (QED) is 0.635. The smallest absolute Gasteiger partial charge is 0.222 e. The minimum atomic E-state index is -0.0190. The Kier molecular flexibility index (Phi) is 5.25. The van der Waals surface area contributed by atoms with Crippen LogP contribution in [0.2, 0.25) is 0 Å². The molecule has 0 aromatic carbocycles. The maximum atomic E-state index is 11.7. The molecule has 1 fully saturated rings. The average Bonchev–Trinajstić information content (AvgIpc) is 2.65. The number of hydrogen-bond donors (Lipinski definition) is 2. The van der Waals surface area contributed by atoms with Crippen molar-refractivity contribution in [1.82, 2.24) is 15.5 Å². The highest BCUT2D eigenvalue weighted by Gasteiger charge is 2.25. The van der Waals surface area contributed by atoms with Crippen LogP contribution in [0, 0.1) is 0 Å². The standard InChI is InChI=1S/C11H21N3O2/c1-9(15)13-10-5-7-14(8-10)11(16)4-3-6-12-2/h10,12H,3-8H2,1-2H3,(H,13,15). The van der Waals surface area contributed by atoms with Crippen LogP contribution in [0.1, 0.15) is 26.2 Å². The third kappa shape index (κ3) is 4.18. The molecule has 0 bridgehead atoms. The molecule has 2 amide bonds. The summed E-state index contributed by atoms with van der Waals surface area (Å²) in [6.45, 7) is 3.81. The number of carbonyl (C=O) groups excluding carboxylic acids is 2. The van der Waals surface area contributed by atoms with Crippen molar-refractivity contribution in [2.45, 2.75) is 32.2 Å². The SMILES string of the molecule is CNCCCC(=O)N1CCC(NC(C)=O)C1. The van der Waals surface area contributed by atoms with E-state index in [0.717, 1.165) is 25.9 Å². The van der Waals surface area contributed by atoms with Crippen molar-refractivity contribution >= 4 is 11.8 Å². The van der Waals surface area contributed by atoms with E-state index in [0.29, 0.717) is 13.0 Å². The average molecular weight is 227 g/mol. The van der Waals surface area contributed by atoms with E-state index >= 15 is 0 Å². The minimum absolute atomic E-state index is 0.0190. The second-order valence-electron chi connectivity index (χ2n) is 4.23. The number of nitrogens with zero attached hydrogens (tertiary/aromatic N) is 1. The van der Waals surface area contributed by atoms with Crippen LogP contribution < -0.4 is 10.6 Å².